The van der Waals surface area contributed by atoms with Gasteiger partial charge in [0.25, 0.3) is 11.8 Å². The lowest BCUT2D eigenvalue weighted by atomic mass is 10.1. The molecule has 0 heterocycles. The van der Waals surface area contributed by atoms with E-state index >= 15 is 0 Å². The van der Waals surface area contributed by atoms with Gasteiger partial charge in [0.15, 0.2) is 6.61 Å². The molecule has 0 radical (unpaired) electrons. The van der Waals surface area contributed by atoms with Crippen molar-refractivity contribution in [1.82, 2.24) is 5.32 Å². The topological polar surface area (TPSA) is 67.4 Å². The van der Waals surface area contributed by atoms with Gasteiger partial charge in [-0.3, -0.25) is 9.59 Å². The number of aryl methyl sites for hydroxylation is 2. The normalized spacial score (nSPS) is 11.5. The van der Waals surface area contributed by atoms with Gasteiger partial charge < -0.3 is 15.4 Å². The number of halogens is 1. The standard InChI is InChI=1S/C25H25BrN2O3/c1-16-13-21(26)14-17(2)24(16)31-15-23(29)28-22-11-9-20(10-12-22)25(30)27-18(3)19-7-5-4-6-8-19/h4-14,18H,15H2,1-3H3,(H,27,30)(H,28,29). The second kappa shape index (κ2) is 10.3. The van der Waals surface area contributed by atoms with E-state index in [0.717, 1.165) is 21.2 Å². The summed E-state index contributed by atoms with van der Waals surface area (Å²) in [7, 11) is 0. The van der Waals surface area contributed by atoms with Gasteiger partial charge in [-0.05, 0) is 73.9 Å². The Balaban J connectivity index is 1.54. The Morgan fingerprint density at radius 3 is 2.19 bits per heavy atom. The summed E-state index contributed by atoms with van der Waals surface area (Å²) in [5.41, 5.74) is 4.08. The summed E-state index contributed by atoms with van der Waals surface area (Å²) in [6, 6.07) is 20.4. The summed E-state index contributed by atoms with van der Waals surface area (Å²) in [4.78, 5) is 24.8. The molecule has 0 spiro atoms. The van der Waals surface area contributed by atoms with Gasteiger partial charge in [0.1, 0.15) is 5.75 Å². The van der Waals surface area contributed by atoms with E-state index < -0.39 is 0 Å². The van der Waals surface area contributed by atoms with Crippen molar-refractivity contribution in [3.05, 3.63) is 93.5 Å². The van der Waals surface area contributed by atoms with Gasteiger partial charge >= 0.3 is 0 Å². The maximum absolute atomic E-state index is 12.5. The summed E-state index contributed by atoms with van der Waals surface area (Å²) in [5.74, 6) is 0.272. The van der Waals surface area contributed by atoms with Crippen LogP contribution >= 0.6 is 15.9 Å². The van der Waals surface area contributed by atoms with Crippen molar-refractivity contribution < 1.29 is 14.3 Å². The Bertz CT molecular complexity index is 1040. The first-order valence-corrected chi connectivity index (χ1v) is 10.8. The Morgan fingerprint density at radius 2 is 1.58 bits per heavy atom. The third-order valence-electron chi connectivity index (χ3n) is 4.85. The first-order valence-electron chi connectivity index (χ1n) is 9.99. The number of hydrogen-bond acceptors (Lipinski definition) is 3. The van der Waals surface area contributed by atoms with E-state index in [1.807, 2.05) is 63.2 Å². The molecular weight excluding hydrogens is 456 g/mol. The Morgan fingerprint density at radius 1 is 0.968 bits per heavy atom. The molecule has 0 saturated heterocycles. The van der Waals surface area contributed by atoms with E-state index in [4.69, 9.17) is 4.74 Å². The second-order valence-corrected chi connectivity index (χ2v) is 8.30. The molecule has 3 rings (SSSR count). The largest absolute Gasteiger partial charge is 0.483 e. The van der Waals surface area contributed by atoms with Crippen LogP contribution in [0.1, 0.15) is 40.0 Å². The van der Waals surface area contributed by atoms with Gasteiger partial charge in [-0.2, -0.15) is 0 Å². The molecule has 5 nitrogen and oxygen atoms in total. The second-order valence-electron chi connectivity index (χ2n) is 7.39. The fourth-order valence-corrected chi connectivity index (χ4v) is 3.96. The first-order chi connectivity index (χ1) is 14.8. The zero-order chi connectivity index (χ0) is 22.4. The number of anilines is 1. The van der Waals surface area contributed by atoms with Crippen LogP contribution in [0.2, 0.25) is 0 Å². The maximum atomic E-state index is 12.5. The Labute approximate surface area is 191 Å². The molecule has 160 valence electrons. The maximum Gasteiger partial charge on any atom is 0.262 e. The molecule has 0 bridgehead atoms. The number of nitrogens with one attached hydrogen (secondary N) is 2. The fraction of sp³-hybridized carbons (Fsp3) is 0.200. The molecule has 3 aromatic rings. The molecule has 31 heavy (non-hydrogen) atoms. The molecule has 2 N–H and O–H groups in total. The minimum absolute atomic E-state index is 0.0971. The lowest BCUT2D eigenvalue weighted by Crippen LogP contribution is -2.26. The van der Waals surface area contributed by atoms with Crippen LogP contribution in [0, 0.1) is 13.8 Å². The number of carbonyl (C=O) groups excluding carboxylic acids is 2. The monoisotopic (exact) mass is 480 g/mol. The van der Waals surface area contributed by atoms with E-state index in [9.17, 15) is 9.59 Å². The van der Waals surface area contributed by atoms with Crippen LogP contribution in [-0.2, 0) is 4.79 Å². The van der Waals surface area contributed by atoms with Crippen molar-refractivity contribution in [3.8, 4) is 5.75 Å². The predicted octanol–water partition coefficient (Wildman–Crippen LogP) is 5.57. The van der Waals surface area contributed by atoms with E-state index in [-0.39, 0.29) is 24.5 Å². The van der Waals surface area contributed by atoms with Crippen molar-refractivity contribution in [2.45, 2.75) is 26.8 Å². The zero-order valence-electron chi connectivity index (χ0n) is 17.7. The predicted molar refractivity (Wildman–Crippen MR) is 127 cm³/mol. The Hall–Kier alpha value is -3.12. The van der Waals surface area contributed by atoms with Gasteiger partial charge in [-0.1, -0.05) is 46.3 Å². The van der Waals surface area contributed by atoms with Crippen molar-refractivity contribution in [3.63, 3.8) is 0 Å². The molecule has 6 heteroatoms. The lowest BCUT2D eigenvalue weighted by molar-refractivity contribution is -0.118. The highest BCUT2D eigenvalue weighted by Gasteiger charge is 2.12. The molecule has 0 aliphatic heterocycles. The van der Waals surface area contributed by atoms with Crippen molar-refractivity contribution in [2.24, 2.45) is 0 Å². The van der Waals surface area contributed by atoms with Crippen molar-refractivity contribution in [2.75, 3.05) is 11.9 Å². The summed E-state index contributed by atoms with van der Waals surface area (Å²) < 4.78 is 6.68. The number of benzene rings is 3. The molecule has 3 aromatic carbocycles. The minimum atomic E-state index is -0.267. The Kier molecular flexibility index (Phi) is 7.47. The van der Waals surface area contributed by atoms with Crippen molar-refractivity contribution >= 4 is 33.4 Å². The van der Waals surface area contributed by atoms with Crippen molar-refractivity contribution in [1.29, 1.82) is 0 Å². The fourth-order valence-electron chi connectivity index (χ4n) is 3.27. The molecule has 0 fully saturated rings. The van der Waals surface area contributed by atoms with E-state index in [1.165, 1.54) is 0 Å². The van der Waals surface area contributed by atoms with Gasteiger partial charge in [0, 0.05) is 15.7 Å². The number of rotatable bonds is 7. The van der Waals surface area contributed by atoms with Gasteiger partial charge in [0.2, 0.25) is 0 Å². The molecule has 0 aromatic heterocycles. The van der Waals surface area contributed by atoms with Crippen LogP contribution in [0.5, 0.6) is 5.75 Å². The molecule has 0 saturated carbocycles. The van der Waals surface area contributed by atoms with Crippen LogP contribution in [0.4, 0.5) is 5.69 Å². The van der Waals surface area contributed by atoms with Gasteiger partial charge in [-0.25, -0.2) is 0 Å². The van der Waals surface area contributed by atoms with E-state index in [2.05, 4.69) is 26.6 Å². The SMILES string of the molecule is Cc1cc(Br)cc(C)c1OCC(=O)Nc1ccc(C(=O)NC(C)c2ccccc2)cc1. The first kappa shape index (κ1) is 22.6. The summed E-state index contributed by atoms with van der Waals surface area (Å²) in [6.07, 6.45) is 0. The quantitative estimate of drug-likeness (QED) is 0.464. The zero-order valence-corrected chi connectivity index (χ0v) is 19.3. The van der Waals surface area contributed by atoms with Crippen LogP contribution in [0.25, 0.3) is 0 Å². The highest BCUT2D eigenvalue weighted by atomic mass is 79.9. The number of carbonyl (C=O) groups is 2. The summed E-state index contributed by atoms with van der Waals surface area (Å²) >= 11 is 3.45. The molecular formula is C25H25BrN2O3. The molecule has 1 atom stereocenters. The van der Waals surface area contributed by atoms with E-state index in [1.54, 1.807) is 24.3 Å². The number of hydrogen-bond donors (Lipinski definition) is 2. The molecule has 2 amide bonds. The minimum Gasteiger partial charge on any atom is -0.483 e. The van der Waals surface area contributed by atoms with Crippen LogP contribution in [0.15, 0.2) is 71.2 Å². The summed E-state index contributed by atoms with van der Waals surface area (Å²) in [6.45, 7) is 5.72. The highest BCUT2D eigenvalue weighted by molar-refractivity contribution is 9.10. The van der Waals surface area contributed by atoms with Gasteiger partial charge in [-0.15, -0.1) is 0 Å². The lowest BCUT2D eigenvalue weighted by Gasteiger charge is -2.15. The molecule has 0 aliphatic carbocycles. The highest BCUT2D eigenvalue weighted by Crippen LogP contribution is 2.27. The third kappa shape index (κ3) is 6.18. The molecule has 1 unspecified atom stereocenters. The number of amides is 2. The van der Waals surface area contributed by atoms with Gasteiger partial charge in [0.05, 0.1) is 6.04 Å². The number of ether oxygens (including phenoxy) is 1. The van der Waals surface area contributed by atoms with E-state index in [0.29, 0.717) is 17.0 Å². The smallest absolute Gasteiger partial charge is 0.262 e. The third-order valence-corrected chi connectivity index (χ3v) is 5.31. The van der Waals surface area contributed by atoms with Crippen LogP contribution < -0.4 is 15.4 Å². The molecule has 0 aliphatic rings. The van der Waals surface area contributed by atoms with Crippen LogP contribution in [0.3, 0.4) is 0 Å². The average molecular weight is 481 g/mol. The summed E-state index contributed by atoms with van der Waals surface area (Å²) in [5, 5.41) is 5.77. The average Bonchev–Trinajstić information content (AvgIpc) is 2.74. The van der Waals surface area contributed by atoms with Crippen LogP contribution in [-0.4, -0.2) is 18.4 Å².